The van der Waals surface area contributed by atoms with Crippen LogP contribution in [-0.4, -0.2) is 9.97 Å². The van der Waals surface area contributed by atoms with Crippen molar-refractivity contribution < 1.29 is 0 Å². The van der Waals surface area contributed by atoms with Crippen LogP contribution in [0.25, 0.3) is 87.6 Å². The number of benzene rings is 7. The van der Waals surface area contributed by atoms with Crippen LogP contribution < -0.4 is 0 Å². The van der Waals surface area contributed by atoms with Crippen LogP contribution in [0.5, 0.6) is 0 Å². The molecule has 0 bridgehead atoms. The Morgan fingerprint density at radius 3 is 1.98 bits per heavy atom. The number of allylic oxidation sites excluding steroid dienone is 2. The summed E-state index contributed by atoms with van der Waals surface area (Å²) in [5.74, 6) is 0.715. The number of rotatable bonds is 5. The first-order valence-electron chi connectivity index (χ1n) is 17.7. The van der Waals surface area contributed by atoms with E-state index in [1.807, 2.05) is 29.5 Å². The second-order valence-electron chi connectivity index (χ2n) is 13.3. The number of hydrogen-bond acceptors (Lipinski definition) is 3. The predicted molar refractivity (Wildman–Crippen MR) is 221 cm³/mol. The Hall–Kier alpha value is -6.42. The van der Waals surface area contributed by atoms with E-state index >= 15 is 0 Å². The van der Waals surface area contributed by atoms with E-state index in [4.69, 9.17) is 9.97 Å². The molecule has 2 nitrogen and oxygen atoms in total. The number of hydrogen-bond donors (Lipinski definition) is 0. The quantitative estimate of drug-likeness (QED) is 0.181. The third-order valence-corrected chi connectivity index (χ3v) is 11.2. The van der Waals surface area contributed by atoms with Gasteiger partial charge in [0.15, 0.2) is 5.82 Å². The molecule has 0 aliphatic heterocycles. The third-order valence-electron chi connectivity index (χ3n) is 10.1. The zero-order chi connectivity index (χ0) is 34.4. The monoisotopic (exact) mass is 680 g/mol. The summed E-state index contributed by atoms with van der Waals surface area (Å²) in [6, 6.07) is 58.7. The second-order valence-corrected chi connectivity index (χ2v) is 14.4. The zero-order valence-electron chi connectivity index (χ0n) is 28.3. The Morgan fingerprint density at radius 2 is 1.13 bits per heavy atom. The molecule has 9 aromatic rings. The largest absolute Gasteiger partial charge is 0.228 e. The van der Waals surface area contributed by atoms with Crippen LogP contribution in [0.15, 0.2) is 176 Å². The zero-order valence-corrected chi connectivity index (χ0v) is 29.1. The fourth-order valence-corrected chi connectivity index (χ4v) is 8.61. The van der Waals surface area contributed by atoms with Gasteiger partial charge >= 0.3 is 0 Å². The molecule has 0 saturated heterocycles. The standard InChI is InChI=1S/C49H32N2S/c1-3-12-32(13-4-1)40-18-8-7-14-33-17-11-20-42(48(33)40)45-31-44(50-49(51-45)34-15-5-2-6-16-34)39-25-24-35-28-36(22-23-37(35)29-39)38-26-27-47-43(30-38)41-19-9-10-21-46(41)52-47/h1-7,9-31H,8H2. The van der Waals surface area contributed by atoms with Crippen molar-refractivity contribution in [2.75, 3.05) is 0 Å². The first kappa shape index (κ1) is 30.4. The third kappa shape index (κ3) is 5.43. The highest BCUT2D eigenvalue weighted by molar-refractivity contribution is 7.25. The van der Waals surface area contributed by atoms with Crippen molar-refractivity contribution in [3.63, 3.8) is 0 Å². The summed E-state index contributed by atoms with van der Waals surface area (Å²) < 4.78 is 2.65. The lowest BCUT2D eigenvalue weighted by Gasteiger charge is -2.17. The maximum absolute atomic E-state index is 5.25. The molecule has 2 aromatic heterocycles. The number of fused-ring (bicyclic) bond motifs is 5. The smallest absolute Gasteiger partial charge is 0.160 e. The molecule has 0 spiro atoms. The molecule has 1 aliphatic rings. The summed E-state index contributed by atoms with van der Waals surface area (Å²) in [5.41, 5.74) is 12.2. The lowest BCUT2D eigenvalue weighted by atomic mass is 9.88. The molecule has 0 N–H and O–H groups in total. The minimum atomic E-state index is 0.715. The average molecular weight is 681 g/mol. The Labute approximate surface area is 306 Å². The van der Waals surface area contributed by atoms with Gasteiger partial charge in [0, 0.05) is 36.9 Å². The Balaban J connectivity index is 1.09. The average Bonchev–Trinajstić information content (AvgIpc) is 3.44. The van der Waals surface area contributed by atoms with Gasteiger partial charge in [0.05, 0.1) is 11.4 Å². The van der Waals surface area contributed by atoms with E-state index in [0.717, 1.165) is 34.5 Å². The van der Waals surface area contributed by atoms with Crippen LogP contribution in [-0.2, 0) is 0 Å². The highest BCUT2D eigenvalue weighted by atomic mass is 32.1. The van der Waals surface area contributed by atoms with Gasteiger partial charge in [0.25, 0.3) is 0 Å². The summed E-state index contributed by atoms with van der Waals surface area (Å²) >= 11 is 1.86. The maximum Gasteiger partial charge on any atom is 0.160 e. The van der Waals surface area contributed by atoms with E-state index in [0.29, 0.717) is 5.82 Å². The van der Waals surface area contributed by atoms with Crippen LogP contribution in [0.3, 0.4) is 0 Å². The molecule has 0 radical (unpaired) electrons. The molecule has 0 unspecified atom stereocenters. The fraction of sp³-hybridized carbons (Fsp3) is 0.0204. The molecule has 0 atom stereocenters. The molecule has 0 fully saturated rings. The number of nitrogens with zero attached hydrogens (tertiary/aromatic N) is 2. The predicted octanol–water partition coefficient (Wildman–Crippen LogP) is 13.5. The summed E-state index contributed by atoms with van der Waals surface area (Å²) in [6.07, 6.45) is 7.69. The van der Waals surface area contributed by atoms with Gasteiger partial charge in [0.1, 0.15) is 0 Å². The summed E-state index contributed by atoms with van der Waals surface area (Å²) in [6.45, 7) is 0. The molecular formula is C49H32N2S. The molecule has 1 aliphatic carbocycles. The first-order chi connectivity index (χ1) is 25.7. The first-order valence-corrected chi connectivity index (χ1v) is 18.5. The fourth-order valence-electron chi connectivity index (χ4n) is 7.53. The second kappa shape index (κ2) is 12.7. The molecule has 0 amide bonds. The van der Waals surface area contributed by atoms with Crippen LogP contribution in [0.2, 0.25) is 0 Å². The SMILES string of the molecule is C1=Cc2cccc(-c3cc(-c4ccc5cc(-c6ccc7sc8ccccc8c7c6)ccc5c4)nc(-c4ccccc4)n3)c2C(c2ccccc2)=CC1. The van der Waals surface area contributed by atoms with E-state index < -0.39 is 0 Å². The Bertz CT molecular complexity index is 2860. The van der Waals surface area contributed by atoms with Crippen molar-refractivity contribution in [1.29, 1.82) is 0 Å². The summed E-state index contributed by atoms with van der Waals surface area (Å²) in [7, 11) is 0. The van der Waals surface area contributed by atoms with Gasteiger partial charge in [-0.15, -0.1) is 11.3 Å². The minimum absolute atomic E-state index is 0.715. The van der Waals surface area contributed by atoms with Gasteiger partial charge in [-0.2, -0.15) is 0 Å². The van der Waals surface area contributed by atoms with Crippen molar-refractivity contribution in [3.8, 4) is 45.0 Å². The van der Waals surface area contributed by atoms with Gasteiger partial charge in [-0.25, -0.2) is 9.97 Å². The molecule has 244 valence electrons. The van der Waals surface area contributed by atoms with E-state index in [-0.39, 0.29) is 0 Å². The maximum atomic E-state index is 5.25. The van der Waals surface area contributed by atoms with Crippen molar-refractivity contribution in [2.24, 2.45) is 0 Å². The minimum Gasteiger partial charge on any atom is -0.228 e. The van der Waals surface area contributed by atoms with E-state index in [9.17, 15) is 0 Å². The van der Waals surface area contributed by atoms with Crippen molar-refractivity contribution in [3.05, 3.63) is 193 Å². The van der Waals surface area contributed by atoms with Gasteiger partial charge in [-0.05, 0) is 87.0 Å². The van der Waals surface area contributed by atoms with Crippen LogP contribution in [0.4, 0.5) is 0 Å². The van der Waals surface area contributed by atoms with Gasteiger partial charge in [0.2, 0.25) is 0 Å². The normalized spacial score (nSPS) is 12.6. The van der Waals surface area contributed by atoms with Crippen molar-refractivity contribution in [2.45, 2.75) is 6.42 Å². The lowest BCUT2D eigenvalue weighted by Crippen LogP contribution is -2.00. The van der Waals surface area contributed by atoms with Crippen LogP contribution in [0.1, 0.15) is 23.1 Å². The summed E-state index contributed by atoms with van der Waals surface area (Å²) in [4.78, 5) is 10.4. The Kier molecular flexibility index (Phi) is 7.44. The molecule has 7 aromatic carbocycles. The van der Waals surface area contributed by atoms with Crippen molar-refractivity contribution >= 4 is 53.9 Å². The molecule has 10 rings (SSSR count). The highest BCUT2D eigenvalue weighted by Gasteiger charge is 2.19. The molecule has 2 heterocycles. The molecule has 0 saturated carbocycles. The van der Waals surface area contributed by atoms with Crippen LogP contribution in [0, 0.1) is 0 Å². The molecule has 3 heteroatoms. The van der Waals surface area contributed by atoms with Gasteiger partial charge < -0.3 is 0 Å². The van der Waals surface area contributed by atoms with Gasteiger partial charge in [-0.1, -0.05) is 146 Å². The number of thiophene rings is 1. The molecular weight excluding hydrogens is 649 g/mol. The number of aromatic nitrogens is 2. The Morgan fingerprint density at radius 1 is 0.462 bits per heavy atom. The lowest BCUT2D eigenvalue weighted by molar-refractivity contribution is 1.18. The topological polar surface area (TPSA) is 25.8 Å². The highest BCUT2D eigenvalue weighted by Crippen LogP contribution is 2.40. The molecule has 52 heavy (non-hydrogen) atoms. The summed E-state index contributed by atoms with van der Waals surface area (Å²) in [5, 5.41) is 5.02. The van der Waals surface area contributed by atoms with Crippen LogP contribution >= 0.6 is 11.3 Å². The van der Waals surface area contributed by atoms with Gasteiger partial charge in [-0.3, -0.25) is 0 Å². The van der Waals surface area contributed by atoms with Crippen molar-refractivity contribution in [1.82, 2.24) is 9.97 Å². The van der Waals surface area contributed by atoms with E-state index in [1.165, 1.54) is 64.3 Å². The van der Waals surface area contributed by atoms with E-state index in [1.54, 1.807) is 0 Å². The van der Waals surface area contributed by atoms with E-state index in [2.05, 4.69) is 164 Å².